The molecule has 0 aromatic rings. The number of likely N-dealkylation sites (tertiary alicyclic amines) is 2. The lowest BCUT2D eigenvalue weighted by atomic mass is 9.78. The van der Waals surface area contributed by atoms with Gasteiger partial charge < -0.3 is 4.90 Å². The highest BCUT2D eigenvalue weighted by Crippen LogP contribution is 2.35. The number of carbonyl (C=O) groups is 1. The minimum Gasteiger partial charge on any atom is -0.338 e. The third-order valence-electron chi connectivity index (χ3n) is 5.89. The highest BCUT2D eigenvalue weighted by Gasteiger charge is 2.36. The van der Waals surface area contributed by atoms with Crippen molar-refractivity contribution in [3.8, 4) is 0 Å². The minimum absolute atomic E-state index is 0.0177. The third kappa shape index (κ3) is 4.70. The molecule has 3 fully saturated rings. The van der Waals surface area contributed by atoms with E-state index in [0.29, 0.717) is 12.6 Å². The van der Waals surface area contributed by atoms with E-state index in [0.717, 1.165) is 44.8 Å². The Morgan fingerprint density at radius 3 is 2.38 bits per heavy atom. The highest BCUT2D eigenvalue weighted by atomic mass is 32.2. The predicted octanol–water partition coefficient (Wildman–Crippen LogP) is 1.18. The fraction of sp³-hybridized carbons (Fsp3) is 0.941. The van der Waals surface area contributed by atoms with Gasteiger partial charge in [0.15, 0.2) is 0 Å². The number of rotatable bonds is 4. The lowest BCUT2D eigenvalue weighted by molar-refractivity contribution is -0.139. The number of fused-ring (bicyclic) bond motifs is 1. The van der Waals surface area contributed by atoms with Crippen molar-refractivity contribution in [3.63, 3.8) is 0 Å². The zero-order valence-corrected chi connectivity index (χ0v) is 15.6. The van der Waals surface area contributed by atoms with Gasteiger partial charge in [-0.25, -0.2) is 13.1 Å². The number of nitrogens with one attached hydrogen (secondary N) is 1. The number of carbonyl (C=O) groups excluding carboxylic acids is 1. The largest absolute Gasteiger partial charge is 0.338 e. The maximum absolute atomic E-state index is 12.8. The Morgan fingerprint density at radius 1 is 1.00 bits per heavy atom. The first-order valence-electron chi connectivity index (χ1n) is 9.41. The van der Waals surface area contributed by atoms with Crippen LogP contribution in [0.1, 0.15) is 51.4 Å². The number of piperidine rings is 2. The van der Waals surface area contributed by atoms with Crippen molar-refractivity contribution in [2.75, 3.05) is 32.4 Å². The van der Waals surface area contributed by atoms with E-state index < -0.39 is 10.0 Å². The smallest absolute Gasteiger partial charge is 0.237 e. The molecule has 2 unspecified atom stereocenters. The molecule has 0 aromatic carbocycles. The molecule has 3 aliphatic rings. The van der Waals surface area contributed by atoms with Crippen LogP contribution in [0.15, 0.2) is 0 Å². The molecule has 0 spiro atoms. The van der Waals surface area contributed by atoms with E-state index >= 15 is 0 Å². The van der Waals surface area contributed by atoms with E-state index in [2.05, 4.69) is 14.5 Å². The highest BCUT2D eigenvalue weighted by molar-refractivity contribution is 7.88. The fourth-order valence-corrected chi connectivity index (χ4v) is 5.57. The number of hydrogen-bond acceptors (Lipinski definition) is 4. The van der Waals surface area contributed by atoms with Crippen LogP contribution in [0.3, 0.4) is 0 Å². The number of hydrogen-bond donors (Lipinski definition) is 1. The molecule has 2 saturated heterocycles. The Morgan fingerprint density at radius 2 is 1.67 bits per heavy atom. The van der Waals surface area contributed by atoms with Crippen LogP contribution < -0.4 is 4.72 Å². The molecule has 3 rings (SSSR count). The molecule has 6 nitrogen and oxygen atoms in total. The SMILES string of the molecule is CS(=O)(=O)NC1CCN(CC(=O)N2CCCC3CCCCC32)CC1. The second-order valence-corrected chi connectivity index (χ2v) is 9.56. The first-order valence-corrected chi connectivity index (χ1v) is 11.3. The minimum atomic E-state index is -3.14. The number of amides is 1. The van der Waals surface area contributed by atoms with E-state index in [1.54, 1.807) is 0 Å². The average Bonchev–Trinajstić information content (AvgIpc) is 2.55. The van der Waals surface area contributed by atoms with E-state index in [4.69, 9.17) is 0 Å². The lowest BCUT2D eigenvalue weighted by Crippen LogP contribution is -2.53. The lowest BCUT2D eigenvalue weighted by Gasteiger charge is -2.45. The zero-order valence-electron chi connectivity index (χ0n) is 14.7. The standard InChI is InChI=1S/C17H31N3O3S/c1-24(22,23)18-15-8-11-19(12-9-15)13-17(21)20-10-4-6-14-5-2-3-7-16(14)20/h14-16,18H,2-13H2,1H3. The topological polar surface area (TPSA) is 69.7 Å². The van der Waals surface area contributed by atoms with Crippen LogP contribution in [0, 0.1) is 5.92 Å². The molecule has 2 aliphatic heterocycles. The maximum Gasteiger partial charge on any atom is 0.237 e. The average molecular weight is 358 g/mol. The molecule has 1 aliphatic carbocycles. The van der Waals surface area contributed by atoms with Crippen molar-refractivity contribution in [1.82, 2.24) is 14.5 Å². The van der Waals surface area contributed by atoms with Crippen molar-refractivity contribution >= 4 is 15.9 Å². The van der Waals surface area contributed by atoms with Gasteiger partial charge in [-0.15, -0.1) is 0 Å². The van der Waals surface area contributed by atoms with Gasteiger partial charge in [0.05, 0.1) is 12.8 Å². The van der Waals surface area contributed by atoms with Crippen LogP contribution in [0.25, 0.3) is 0 Å². The molecule has 0 aromatic heterocycles. The van der Waals surface area contributed by atoms with Gasteiger partial charge in [-0.3, -0.25) is 9.69 Å². The molecular weight excluding hydrogens is 326 g/mol. The van der Waals surface area contributed by atoms with Crippen molar-refractivity contribution in [2.24, 2.45) is 5.92 Å². The Balaban J connectivity index is 1.48. The molecule has 24 heavy (non-hydrogen) atoms. The normalized spacial score (nSPS) is 30.1. The van der Waals surface area contributed by atoms with Gasteiger partial charge in [-0.2, -0.15) is 0 Å². The van der Waals surface area contributed by atoms with E-state index in [9.17, 15) is 13.2 Å². The summed E-state index contributed by atoms with van der Waals surface area (Å²) >= 11 is 0. The van der Waals surface area contributed by atoms with Gasteiger partial charge in [0.25, 0.3) is 0 Å². The number of sulfonamides is 1. The van der Waals surface area contributed by atoms with Gasteiger partial charge in [-0.05, 0) is 44.4 Å². The van der Waals surface area contributed by atoms with E-state index in [1.165, 1.54) is 38.4 Å². The van der Waals surface area contributed by atoms with Gasteiger partial charge in [0, 0.05) is 31.7 Å². The Labute approximate surface area is 146 Å². The zero-order chi connectivity index (χ0) is 17.2. The first kappa shape index (κ1) is 18.1. The quantitative estimate of drug-likeness (QED) is 0.820. The number of nitrogens with zero attached hydrogens (tertiary/aromatic N) is 2. The Bertz CT molecular complexity index is 541. The maximum atomic E-state index is 12.8. The molecule has 1 amide bonds. The summed E-state index contributed by atoms with van der Waals surface area (Å²) in [7, 11) is -3.14. The summed E-state index contributed by atoms with van der Waals surface area (Å²) in [6, 6.07) is 0.494. The van der Waals surface area contributed by atoms with Crippen LogP contribution in [0.2, 0.25) is 0 Å². The van der Waals surface area contributed by atoms with Gasteiger partial charge >= 0.3 is 0 Å². The second kappa shape index (κ2) is 7.70. The molecule has 0 radical (unpaired) electrons. The summed E-state index contributed by atoms with van der Waals surface area (Å²) in [4.78, 5) is 17.2. The summed E-state index contributed by atoms with van der Waals surface area (Å²) in [6.45, 7) is 3.00. The van der Waals surface area contributed by atoms with Crippen LogP contribution in [0.4, 0.5) is 0 Å². The summed E-state index contributed by atoms with van der Waals surface area (Å²) in [6.07, 6.45) is 10.3. The summed E-state index contributed by atoms with van der Waals surface area (Å²) < 4.78 is 25.3. The molecule has 2 atom stereocenters. The second-order valence-electron chi connectivity index (χ2n) is 7.78. The van der Waals surface area contributed by atoms with Crippen molar-refractivity contribution in [2.45, 2.75) is 63.5 Å². The molecule has 2 heterocycles. The van der Waals surface area contributed by atoms with Crippen molar-refractivity contribution in [3.05, 3.63) is 0 Å². The molecule has 1 saturated carbocycles. The van der Waals surface area contributed by atoms with Crippen LogP contribution in [-0.2, 0) is 14.8 Å². The first-order chi connectivity index (χ1) is 11.4. The summed E-state index contributed by atoms with van der Waals surface area (Å²) in [5, 5.41) is 0. The molecule has 0 bridgehead atoms. The molecular formula is C17H31N3O3S. The van der Waals surface area contributed by atoms with Gasteiger partial charge in [0.1, 0.15) is 0 Å². The van der Waals surface area contributed by atoms with E-state index in [1.807, 2.05) is 0 Å². The molecule has 138 valence electrons. The summed E-state index contributed by atoms with van der Waals surface area (Å²) in [5.74, 6) is 1.00. The Kier molecular flexibility index (Phi) is 5.82. The monoisotopic (exact) mass is 357 g/mol. The van der Waals surface area contributed by atoms with Gasteiger partial charge in [-0.1, -0.05) is 12.8 Å². The molecule has 7 heteroatoms. The van der Waals surface area contributed by atoms with E-state index in [-0.39, 0.29) is 11.9 Å². The summed E-state index contributed by atoms with van der Waals surface area (Å²) in [5.41, 5.74) is 0. The fourth-order valence-electron chi connectivity index (χ4n) is 4.73. The van der Waals surface area contributed by atoms with Crippen LogP contribution in [-0.4, -0.2) is 68.6 Å². The predicted molar refractivity (Wildman–Crippen MR) is 94.1 cm³/mol. The van der Waals surface area contributed by atoms with Crippen LogP contribution >= 0.6 is 0 Å². The Hall–Kier alpha value is -0.660. The van der Waals surface area contributed by atoms with Gasteiger partial charge in [0.2, 0.25) is 15.9 Å². The molecule has 1 N–H and O–H groups in total. The third-order valence-corrected chi connectivity index (χ3v) is 6.65. The van der Waals surface area contributed by atoms with Crippen molar-refractivity contribution in [1.29, 1.82) is 0 Å². The van der Waals surface area contributed by atoms with Crippen LogP contribution in [0.5, 0.6) is 0 Å². The van der Waals surface area contributed by atoms with Crippen molar-refractivity contribution < 1.29 is 13.2 Å².